The molecule has 240 valence electrons. The highest BCUT2D eigenvalue weighted by molar-refractivity contribution is 6.04. The number of benzene rings is 2. The number of pyridine rings is 1. The maximum Gasteiger partial charge on any atom is 0.573 e. The average Bonchev–Trinajstić information content (AvgIpc) is 3.41. The number of esters is 1. The van der Waals surface area contributed by atoms with Crippen LogP contribution in [0.4, 0.5) is 29.1 Å². The Labute approximate surface area is 259 Å². The van der Waals surface area contributed by atoms with Crippen molar-refractivity contribution in [2.75, 3.05) is 36.5 Å². The molecule has 1 N–H and O–H groups in total. The van der Waals surface area contributed by atoms with Gasteiger partial charge >= 0.3 is 12.3 Å². The number of aromatic nitrogens is 1. The molecule has 0 unspecified atom stereocenters. The van der Waals surface area contributed by atoms with Crippen LogP contribution in [0.2, 0.25) is 0 Å². The molecule has 0 radical (unpaired) electrons. The van der Waals surface area contributed by atoms with E-state index in [4.69, 9.17) is 4.74 Å². The summed E-state index contributed by atoms with van der Waals surface area (Å²) in [6.45, 7) is 6.12. The smallest absolute Gasteiger partial charge is 0.464 e. The Bertz CT molecular complexity index is 1490. The summed E-state index contributed by atoms with van der Waals surface area (Å²) >= 11 is 0. The summed E-state index contributed by atoms with van der Waals surface area (Å²) < 4.78 is 61.8. The SMILES string of the molecule is CCOC(=O)C1(F)CCN(c2ccc(C(=O)Nc3cc(CN4CCC[C@H]4C)c(-c4ccc(OC(F)(F)F)cc4)cn3)cc2)CC1. The van der Waals surface area contributed by atoms with Gasteiger partial charge in [-0.3, -0.25) is 9.69 Å². The van der Waals surface area contributed by atoms with Crippen LogP contribution in [0.3, 0.4) is 0 Å². The van der Waals surface area contributed by atoms with E-state index in [9.17, 15) is 27.2 Å². The van der Waals surface area contributed by atoms with Crippen LogP contribution in [0.15, 0.2) is 60.8 Å². The molecule has 2 fully saturated rings. The number of likely N-dealkylation sites (tertiary alicyclic amines) is 1. The van der Waals surface area contributed by atoms with Crippen molar-refractivity contribution in [3.05, 3.63) is 71.9 Å². The zero-order chi connectivity index (χ0) is 32.2. The van der Waals surface area contributed by atoms with Crippen molar-refractivity contribution in [3.8, 4) is 16.9 Å². The molecule has 3 heterocycles. The van der Waals surface area contributed by atoms with E-state index in [2.05, 4.69) is 26.9 Å². The number of hydrogen-bond donors (Lipinski definition) is 1. The second-order valence-electron chi connectivity index (χ2n) is 11.4. The summed E-state index contributed by atoms with van der Waals surface area (Å²) in [7, 11) is 0. The number of piperidine rings is 1. The van der Waals surface area contributed by atoms with Crippen molar-refractivity contribution in [1.82, 2.24) is 9.88 Å². The Kier molecular flexibility index (Phi) is 9.62. The van der Waals surface area contributed by atoms with E-state index in [-0.39, 0.29) is 31.1 Å². The predicted molar refractivity (Wildman–Crippen MR) is 162 cm³/mol. The van der Waals surface area contributed by atoms with Gasteiger partial charge in [0.25, 0.3) is 5.91 Å². The van der Waals surface area contributed by atoms with E-state index in [0.717, 1.165) is 36.2 Å². The van der Waals surface area contributed by atoms with Crippen LogP contribution in [-0.2, 0) is 16.1 Å². The Balaban J connectivity index is 1.28. The minimum atomic E-state index is -4.78. The maximum absolute atomic E-state index is 15.0. The third kappa shape index (κ3) is 7.91. The number of alkyl halides is 4. The molecule has 2 aliphatic heterocycles. The summed E-state index contributed by atoms with van der Waals surface area (Å²) in [6, 6.07) is 14.7. The first-order valence-electron chi connectivity index (χ1n) is 15.1. The summed E-state index contributed by atoms with van der Waals surface area (Å²) in [5.74, 6) is -1.14. The fourth-order valence-corrected chi connectivity index (χ4v) is 5.83. The van der Waals surface area contributed by atoms with Crippen molar-refractivity contribution < 1.29 is 36.6 Å². The molecule has 0 aliphatic carbocycles. The van der Waals surface area contributed by atoms with Crippen LogP contribution >= 0.6 is 0 Å². The summed E-state index contributed by atoms with van der Waals surface area (Å²) in [5, 5.41) is 2.85. The van der Waals surface area contributed by atoms with Gasteiger partial charge in [0, 0.05) is 61.5 Å². The van der Waals surface area contributed by atoms with E-state index in [1.54, 1.807) is 55.6 Å². The van der Waals surface area contributed by atoms with Gasteiger partial charge in [0.05, 0.1) is 6.61 Å². The Morgan fingerprint density at radius 2 is 1.73 bits per heavy atom. The molecule has 5 rings (SSSR count). The zero-order valence-electron chi connectivity index (χ0n) is 25.2. The number of nitrogens with zero attached hydrogens (tertiary/aromatic N) is 3. The van der Waals surface area contributed by atoms with Crippen LogP contribution < -0.4 is 15.0 Å². The van der Waals surface area contributed by atoms with E-state index in [1.807, 2.05) is 4.90 Å². The fourth-order valence-electron chi connectivity index (χ4n) is 5.83. The van der Waals surface area contributed by atoms with Gasteiger partial charge in [-0.25, -0.2) is 14.2 Å². The van der Waals surface area contributed by atoms with Gasteiger partial charge in [-0.05, 0) is 86.8 Å². The molecular weight excluding hydrogens is 592 g/mol. The van der Waals surface area contributed by atoms with Crippen molar-refractivity contribution in [2.45, 2.75) is 64.1 Å². The van der Waals surface area contributed by atoms with Gasteiger partial charge in [-0.1, -0.05) is 12.1 Å². The summed E-state index contributed by atoms with van der Waals surface area (Å²) in [5.41, 5.74) is 1.54. The molecule has 8 nitrogen and oxygen atoms in total. The highest BCUT2D eigenvalue weighted by Gasteiger charge is 2.43. The number of ether oxygens (including phenoxy) is 2. The van der Waals surface area contributed by atoms with Crippen LogP contribution in [0.25, 0.3) is 11.1 Å². The molecule has 2 saturated heterocycles. The normalized spacial score (nSPS) is 18.4. The second-order valence-corrected chi connectivity index (χ2v) is 11.4. The number of rotatable bonds is 9. The van der Waals surface area contributed by atoms with Gasteiger partial charge in [-0.15, -0.1) is 13.2 Å². The standard InChI is InChI=1S/C33H36F4N4O4/c1-3-44-31(43)32(34)14-17-40(18-15-32)26-10-6-24(7-11-26)30(42)39-29-19-25(21-41-16-4-5-22(41)2)28(20-38-29)23-8-12-27(13-9-23)45-33(35,36)37/h6-13,19-20,22H,3-5,14-18,21H2,1-2H3,(H,38,39,42)/t22-/m1/s1. The average molecular weight is 629 g/mol. The highest BCUT2D eigenvalue weighted by Crippen LogP contribution is 2.33. The van der Waals surface area contributed by atoms with Gasteiger partial charge in [0.15, 0.2) is 0 Å². The van der Waals surface area contributed by atoms with Gasteiger partial charge in [-0.2, -0.15) is 0 Å². The molecule has 0 spiro atoms. The van der Waals surface area contributed by atoms with Crippen LogP contribution in [0.1, 0.15) is 55.5 Å². The lowest BCUT2D eigenvalue weighted by atomic mass is 9.93. The van der Waals surface area contributed by atoms with Gasteiger partial charge in [0.1, 0.15) is 11.6 Å². The molecule has 0 bridgehead atoms. The van der Waals surface area contributed by atoms with Crippen LogP contribution in [0, 0.1) is 0 Å². The van der Waals surface area contributed by atoms with Crippen molar-refractivity contribution in [1.29, 1.82) is 0 Å². The third-order valence-corrected chi connectivity index (χ3v) is 8.39. The number of carbonyl (C=O) groups is 2. The summed E-state index contributed by atoms with van der Waals surface area (Å²) in [4.78, 5) is 33.9. The topological polar surface area (TPSA) is 84.0 Å². The lowest BCUT2D eigenvalue weighted by Crippen LogP contribution is -2.47. The Morgan fingerprint density at radius 3 is 2.33 bits per heavy atom. The first-order chi connectivity index (χ1) is 21.4. The highest BCUT2D eigenvalue weighted by atomic mass is 19.4. The number of anilines is 2. The minimum Gasteiger partial charge on any atom is -0.464 e. The van der Waals surface area contributed by atoms with Crippen molar-refractivity contribution >= 4 is 23.4 Å². The molecule has 2 aliphatic rings. The zero-order valence-corrected chi connectivity index (χ0v) is 25.2. The molecule has 1 aromatic heterocycles. The molecule has 3 aromatic rings. The molecule has 45 heavy (non-hydrogen) atoms. The first kappa shape index (κ1) is 32.2. The molecular formula is C33H36F4N4O4. The number of halogens is 4. The largest absolute Gasteiger partial charge is 0.573 e. The van der Waals surface area contributed by atoms with Crippen molar-refractivity contribution in [2.24, 2.45) is 0 Å². The minimum absolute atomic E-state index is 0.0275. The lowest BCUT2D eigenvalue weighted by Gasteiger charge is -2.36. The number of hydrogen-bond acceptors (Lipinski definition) is 7. The van der Waals surface area contributed by atoms with Gasteiger partial charge in [0.2, 0.25) is 5.67 Å². The van der Waals surface area contributed by atoms with Gasteiger partial charge < -0.3 is 19.7 Å². The second kappa shape index (κ2) is 13.4. The van der Waals surface area contributed by atoms with E-state index in [1.165, 1.54) is 12.1 Å². The lowest BCUT2D eigenvalue weighted by molar-refractivity contribution is -0.274. The Hall–Kier alpha value is -4.19. The fraction of sp³-hybridized carbons (Fsp3) is 0.424. The Morgan fingerprint density at radius 1 is 1.04 bits per heavy atom. The van der Waals surface area contributed by atoms with Crippen LogP contribution in [0.5, 0.6) is 5.75 Å². The number of nitrogens with one attached hydrogen (secondary N) is 1. The molecule has 1 atom stereocenters. The van der Waals surface area contributed by atoms with E-state index < -0.39 is 18.0 Å². The van der Waals surface area contributed by atoms with E-state index >= 15 is 0 Å². The number of carbonyl (C=O) groups excluding carboxylic acids is 2. The maximum atomic E-state index is 15.0. The van der Waals surface area contributed by atoms with Crippen molar-refractivity contribution in [3.63, 3.8) is 0 Å². The van der Waals surface area contributed by atoms with Crippen LogP contribution in [-0.4, -0.2) is 66.1 Å². The third-order valence-electron chi connectivity index (χ3n) is 8.39. The summed E-state index contributed by atoms with van der Waals surface area (Å²) in [6.07, 6.45) is -0.962. The first-order valence-corrected chi connectivity index (χ1v) is 15.1. The molecule has 12 heteroatoms. The number of amides is 1. The molecule has 0 saturated carbocycles. The molecule has 2 aromatic carbocycles. The van der Waals surface area contributed by atoms with E-state index in [0.29, 0.717) is 42.6 Å². The molecule has 1 amide bonds. The quantitative estimate of drug-likeness (QED) is 0.207. The predicted octanol–water partition coefficient (Wildman–Crippen LogP) is 6.76. The monoisotopic (exact) mass is 628 g/mol.